The van der Waals surface area contributed by atoms with Crippen molar-refractivity contribution < 1.29 is 9.90 Å². The quantitative estimate of drug-likeness (QED) is 0.775. The predicted octanol–water partition coefficient (Wildman–Crippen LogP) is 2.17. The SMILES string of the molecule is CCn1c(=O)n(CC(=O)Nc2cccc(O)c2)c2ccccc21. The van der Waals surface area contributed by atoms with E-state index in [1.54, 1.807) is 16.7 Å². The fraction of sp³-hybridized carbons (Fsp3) is 0.176. The highest BCUT2D eigenvalue weighted by Crippen LogP contribution is 2.16. The highest BCUT2D eigenvalue weighted by molar-refractivity contribution is 5.91. The lowest BCUT2D eigenvalue weighted by molar-refractivity contribution is -0.116. The third-order valence-electron chi connectivity index (χ3n) is 3.67. The maximum Gasteiger partial charge on any atom is 0.329 e. The Morgan fingerprint density at radius 3 is 2.43 bits per heavy atom. The highest BCUT2D eigenvalue weighted by Gasteiger charge is 2.14. The van der Waals surface area contributed by atoms with E-state index in [0.717, 1.165) is 11.0 Å². The molecule has 0 bridgehead atoms. The van der Waals surface area contributed by atoms with Crippen molar-refractivity contribution in [3.8, 4) is 5.75 Å². The molecule has 1 amide bonds. The van der Waals surface area contributed by atoms with E-state index in [1.165, 1.54) is 16.7 Å². The summed E-state index contributed by atoms with van der Waals surface area (Å²) >= 11 is 0. The molecule has 3 rings (SSSR count). The summed E-state index contributed by atoms with van der Waals surface area (Å²) in [7, 11) is 0. The van der Waals surface area contributed by atoms with E-state index in [4.69, 9.17) is 0 Å². The zero-order valence-electron chi connectivity index (χ0n) is 12.7. The Labute approximate surface area is 132 Å². The van der Waals surface area contributed by atoms with E-state index in [1.807, 2.05) is 31.2 Å². The van der Waals surface area contributed by atoms with Crippen molar-refractivity contribution in [3.63, 3.8) is 0 Å². The van der Waals surface area contributed by atoms with Crippen LogP contribution < -0.4 is 11.0 Å². The van der Waals surface area contributed by atoms with Gasteiger partial charge in [0.25, 0.3) is 0 Å². The van der Waals surface area contributed by atoms with E-state index in [9.17, 15) is 14.7 Å². The molecule has 0 saturated carbocycles. The van der Waals surface area contributed by atoms with Gasteiger partial charge in [0.15, 0.2) is 0 Å². The second kappa shape index (κ2) is 6.00. The first-order chi connectivity index (χ1) is 11.1. The van der Waals surface area contributed by atoms with Gasteiger partial charge in [0.05, 0.1) is 11.0 Å². The number of phenolic OH excluding ortho intramolecular Hbond substituents is 1. The average Bonchev–Trinajstić information content (AvgIpc) is 2.79. The van der Waals surface area contributed by atoms with Crippen molar-refractivity contribution in [3.05, 3.63) is 59.0 Å². The Balaban J connectivity index is 1.91. The van der Waals surface area contributed by atoms with E-state index in [0.29, 0.717) is 12.2 Å². The third-order valence-corrected chi connectivity index (χ3v) is 3.67. The van der Waals surface area contributed by atoms with Gasteiger partial charge < -0.3 is 10.4 Å². The van der Waals surface area contributed by atoms with Gasteiger partial charge in [-0.3, -0.25) is 13.9 Å². The van der Waals surface area contributed by atoms with Crippen molar-refractivity contribution in [2.75, 3.05) is 5.32 Å². The van der Waals surface area contributed by atoms with Crippen molar-refractivity contribution in [1.82, 2.24) is 9.13 Å². The molecule has 2 N–H and O–H groups in total. The number of nitrogens with one attached hydrogen (secondary N) is 1. The van der Waals surface area contributed by atoms with Crippen LogP contribution in [-0.4, -0.2) is 20.1 Å². The molecule has 1 heterocycles. The number of aryl methyl sites for hydroxylation is 1. The molecular formula is C17H17N3O3. The molecule has 1 aromatic heterocycles. The van der Waals surface area contributed by atoms with Gasteiger partial charge in [0.1, 0.15) is 12.3 Å². The number of phenols is 1. The molecule has 3 aromatic rings. The number of amides is 1. The van der Waals surface area contributed by atoms with Crippen molar-refractivity contribution in [1.29, 1.82) is 0 Å². The summed E-state index contributed by atoms with van der Waals surface area (Å²) in [5.74, 6) is -0.251. The van der Waals surface area contributed by atoms with Crippen LogP contribution in [0.4, 0.5) is 5.69 Å². The van der Waals surface area contributed by atoms with Crippen LogP contribution in [-0.2, 0) is 17.9 Å². The van der Waals surface area contributed by atoms with Crippen molar-refractivity contribution in [2.24, 2.45) is 0 Å². The zero-order chi connectivity index (χ0) is 16.4. The number of fused-ring (bicyclic) bond motifs is 1. The lowest BCUT2D eigenvalue weighted by Gasteiger charge is -2.06. The minimum atomic E-state index is -0.322. The molecule has 6 heteroatoms. The summed E-state index contributed by atoms with van der Waals surface area (Å²) in [4.78, 5) is 24.7. The van der Waals surface area contributed by atoms with Crippen LogP contribution in [0.2, 0.25) is 0 Å². The van der Waals surface area contributed by atoms with Crippen LogP contribution in [0.1, 0.15) is 6.92 Å². The summed E-state index contributed by atoms with van der Waals surface area (Å²) in [5.41, 5.74) is 1.82. The van der Waals surface area contributed by atoms with Crippen LogP contribution >= 0.6 is 0 Å². The van der Waals surface area contributed by atoms with Crippen molar-refractivity contribution >= 4 is 22.6 Å². The standard InChI is InChI=1S/C17H17N3O3/c1-2-19-14-8-3-4-9-15(14)20(17(19)23)11-16(22)18-12-6-5-7-13(21)10-12/h3-10,21H,2,11H2,1H3,(H,18,22). The molecule has 23 heavy (non-hydrogen) atoms. The molecule has 0 spiro atoms. The Morgan fingerprint density at radius 2 is 1.78 bits per heavy atom. The smallest absolute Gasteiger partial charge is 0.329 e. The number of hydrogen-bond donors (Lipinski definition) is 2. The second-order valence-corrected chi connectivity index (χ2v) is 5.20. The number of imidazole rings is 1. The predicted molar refractivity (Wildman–Crippen MR) is 88.6 cm³/mol. The second-order valence-electron chi connectivity index (χ2n) is 5.20. The number of anilines is 1. The van der Waals surface area contributed by atoms with Crippen LogP contribution in [0.25, 0.3) is 11.0 Å². The first-order valence-electron chi connectivity index (χ1n) is 7.37. The van der Waals surface area contributed by atoms with Gasteiger partial charge in [-0.05, 0) is 31.2 Å². The van der Waals surface area contributed by atoms with Crippen molar-refractivity contribution in [2.45, 2.75) is 20.0 Å². The molecule has 118 valence electrons. The molecule has 0 fully saturated rings. The Hall–Kier alpha value is -3.02. The van der Waals surface area contributed by atoms with Gasteiger partial charge in [0.2, 0.25) is 5.91 Å². The topological polar surface area (TPSA) is 76.3 Å². The van der Waals surface area contributed by atoms with E-state index >= 15 is 0 Å². The number of nitrogens with zero attached hydrogens (tertiary/aromatic N) is 2. The zero-order valence-corrected chi connectivity index (χ0v) is 12.7. The fourth-order valence-corrected chi connectivity index (χ4v) is 2.66. The lowest BCUT2D eigenvalue weighted by atomic mass is 10.3. The summed E-state index contributed by atoms with van der Waals surface area (Å²) in [6.07, 6.45) is 0. The fourth-order valence-electron chi connectivity index (χ4n) is 2.66. The minimum absolute atomic E-state index is 0.0718. The molecule has 0 radical (unpaired) electrons. The van der Waals surface area contributed by atoms with Gasteiger partial charge in [-0.15, -0.1) is 0 Å². The molecule has 0 aliphatic carbocycles. The number of para-hydroxylation sites is 2. The molecule has 0 saturated heterocycles. The first-order valence-corrected chi connectivity index (χ1v) is 7.37. The molecule has 0 atom stereocenters. The summed E-state index contributed by atoms with van der Waals surface area (Å²) in [6, 6.07) is 13.7. The van der Waals surface area contributed by atoms with Gasteiger partial charge in [-0.2, -0.15) is 0 Å². The Kier molecular flexibility index (Phi) is 3.89. The van der Waals surface area contributed by atoms with Gasteiger partial charge in [-0.1, -0.05) is 18.2 Å². The minimum Gasteiger partial charge on any atom is -0.508 e. The largest absolute Gasteiger partial charge is 0.508 e. The van der Waals surface area contributed by atoms with Gasteiger partial charge >= 0.3 is 5.69 Å². The summed E-state index contributed by atoms with van der Waals surface area (Å²) in [5, 5.41) is 12.1. The van der Waals surface area contributed by atoms with Crippen LogP contribution in [0.5, 0.6) is 5.75 Å². The van der Waals surface area contributed by atoms with Crippen LogP contribution in [0.3, 0.4) is 0 Å². The maximum absolute atomic E-state index is 12.5. The number of carbonyl (C=O) groups is 1. The summed E-state index contributed by atoms with van der Waals surface area (Å²) < 4.78 is 3.09. The normalized spacial score (nSPS) is 10.8. The molecule has 0 unspecified atom stereocenters. The highest BCUT2D eigenvalue weighted by atomic mass is 16.3. The third kappa shape index (κ3) is 2.83. The molecule has 0 aliphatic heterocycles. The lowest BCUT2D eigenvalue weighted by Crippen LogP contribution is -2.29. The molecule has 2 aromatic carbocycles. The Bertz CT molecular complexity index is 924. The molecular weight excluding hydrogens is 294 g/mol. The van der Waals surface area contributed by atoms with E-state index < -0.39 is 0 Å². The van der Waals surface area contributed by atoms with E-state index in [-0.39, 0.29) is 23.9 Å². The van der Waals surface area contributed by atoms with Crippen LogP contribution in [0.15, 0.2) is 53.3 Å². The van der Waals surface area contributed by atoms with Crippen LogP contribution in [0, 0.1) is 0 Å². The first kappa shape index (κ1) is 14.9. The summed E-state index contributed by atoms with van der Waals surface area (Å²) in [6.45, 7) is 2.35. The monoisotopic (exact) mass is 311 g/mol. The average molecular weight is 311 g/mol. The number of hydrogen-bond acceptors (Lipinski definition) is 3. The maximum atomic E-state index is 12.5. The molecule has 0 aliphatic rings. The number of carbonyl (C=O) groups excluding carboxylic acids is 1. The number of benzene rings is 2. The van der Waals surface area contributed by atoms with Gasteiger partial charge in [0, 0.05) is 18.3 Å². The molecule has 6 nitrogen and oxygen atoms in total. The Morgan fingerprint density at radius 1 is 1.09 bits per heavy atom. The van der Waals surface area contributed by atoms with Gasteiger partial charge in [-0.25, -0.2) is 4.79 Å². The number of rotatable bonds is 4. The number of aromatic hydroxyl groups is 1. The van der Waals surface area contributed by atoms with E-state index in [2.05, 4.69) is 5.32 Å². The number of aromatic nitrogens is 2.